The summed E-state index contributed by atoms with van der Waals surface area (Å²) in [5, 5.41) is 0. The summed E-state index contributed by atoms with van der Waals surface area (Å²) in [6.45, 7) is 20.3. The smallest absolute Gasteiger partial charge is 0.252 e. The Kier molecular flexibility index (Phi) is 13.6. The van der Waals surface area contributed by atoms with Gasteiger partial charge in [-0.25, -0.2) is 0 Å². The average molecular weight is 1290 g/mol. The zero-order chi connectivity index (χ0) is 72.6. The summed E-state index contributed by atoms with van der Waals surface area (Å²) in [6.07, 6.45) is 0. The van der Waals surface area contributed by atoms with Crippen LogP contribution < -0.4 is 26.2 Å². The predicted octanol–water partition coefficient (Wildman–Crippen LogP) is 24.0. The molecule has 3 heteroatoms. The van der Waals surface area contributed by atoms with Crippen LogP contribution in [-0.2, 0) is 21.7 Å². The van der Waals surface area contributed by atoms with Crippen LogP contribution in [0.3, 0.4) is 0 Å². The Labute approximate surface area is 598 Å². The Hall–Kier alpha value is -11.3. The molecule has 2 nitrogen and oxygen atoms in total. The summed E-state index contributed by atoms with van der Waals surface area (Å²) in [6, 6.07) is 109. The topological polar surface area (TPSA) is 6.48 Å². The minimum absolute atomic E-state index is 0.0377. The molecule has 17 rings (SSSR count). The van der Waals surface area contributed by atoms with Crippen LogP contribution >= 0.6 is 0 Å². The van der Waals surface area contributed by atoms with Gasteiger partial charge >= 0.3 is 0 Å². The monoisotopic (exact) mass is 1290 g/mol. The minimum atomic E-state index is -0.761. The quantitative estimate of drug-likeness (QED) is 0.126. The van der Waals surface area contributed by atoms with E-state index in [1.54, 1.807) is 0 Å². The van der Waals surface area contributed by atoms with E-state index < -0.39 is 11.5 Å². The van der Waals surface area contributed by atoms with Gasteiger partial charge in [-0.3, -0.25) is 0 Å². The molecule has 0 fully saturated rings. The lowest BCUT2D eigenvalue weighted by Gasteiger charge is -2.45. The van der Waals surface area contributed by atoms with Crippen LogP contribution in [0.2, 0.25) is 0 Å². The molecule has 100 heavy (non-hydrogen) atoms. The maximum atomic E-state index is 9.25. The van der Waals surface area contributed by atoms with Crippen LogP contribution in [0.1, 0.15) is 108 Å². The highest BCUT2D eigenvalue weighted by Crippen LogP contribution is 2.60. The average Bonchev–Trinajstić information content (AvgIpc) is 1.68. The molecule has 482 valence electrons. The molecule has 0 spiro atoms. The first-order chi connectivity index (χ1) is 50.6. The second kappa shape index (κ2) is 24.0. The number of hydrogen-bond donors (Lipinski definition) is 0. The van der Waals surface area contributed by atoms with E-state index in [1.165, 1.54) is 50.1 Å². The highest BCUT2D eigenvalue weighted by atomic mass is 15.2. The summed E-state index contributed by atoms with van der Waals surface area (Å²) in [5.41, 5.74) is 30.8. The maximum Gasteiger partial charge on any atom is 0.252 e. The Balaban J connectivity index is 1.04. The van der Waals surface area contributed by atoms with E-state index in [9.17, 15) is 2.74 Å². The molecule has 0 aromatic heterocycles. The van der Waals surface area contributed by atoms with Gasteiger partial charge in [-0.05, 0) is 175 Å². The fraction of sp³-hybridized carbons (Fsp3) is 0.134. The summed E-state index contributed by atoms with van der Waals surface area (Å²) in [7, 11) is 0. The van der Waals surface area contributed by atoms with Gasteiger partial charge in [0.1, 0.15) is 0 Å². The SMILES string of the molecule is [2H]c1c([2H])c([2H])c(-c2ccc(N3c4cc(-c5cc(C(C)(C)C)cc(C(C)(C)C)c5)ccc4B4c5cc(-c6ccc(C(C)(C)C)cc6)ccc5N(c5c(-c6ccccc6)cccc5-c5ccccc5)c5cc(-c6cccc7c6C(c6ccccc6)(c6ccccc6)c6ccccc6-7)cc3c54)cc2)c([2H])c1[2H]. The highest BCUT2D eigenvalue weighted by molar-refractivity contribution is 7.00. The van der Waals surface area contributed by atoms with Crippen LogP contribution in [0.15, 0.2) is 327 Å². The van der Waals surface area contributed by atoms with Crippen molar-refractivity contribution in [2.45, 2.75) is 84.0 Å². The Morgan fingerprint density at radius 1 is 0.300 bits per heavy atom. The first kappa shape index (κ1) is 56.7. The van der Waals surface area contributed by atoms with Gasteiger partial charge < -0.3 is 9.80 Å². The third kappa shape index (κ3) is 10.4. The number of hydrogen-bond acceptors (Lipinski definition) is 2. The molecule has 0 saturated carbocycles. The minimum Gasteiger partial charge on any atom is -0.311 e. The Bertz CT molecular complexity index is 5620. The van der Waals surface area contributed by atoms with E-state index in [4.69, 9.17) is 4.11 Å². The van der Waals surface area contributed by atoms with E-state index in [0.29, 0.717) is 5.56 Å². The van der Waals surface area contributed by atoms with Crippen LogP contribution in [0.25, 0.3) is 77.9 Å². The lowest BCUT2D eigenvalue weighted by Crippen LogP contribution is -2.61. The van der Waals surface area contributed by atoms with Crippen molar-refractivity contribution in [1.29, 1.82) is 0 Å². The first-order valence-corrected chi connectivity index (χ1v) is 35.2. The molecule has 0 saturated heterocycles. The molecule has 0 amide bonds. The van der Waals surface area contributed by atoms with Crippen LogP contribution in [0.4, 0.5) is 34.1 Å². The molecule has 14 aromatic carbocycles. The fourth-order valence-electron chi connectivity index (χ4n) is 16.3. The molecule has 2 aliphatic heterocycles. The summed E-state index contributed by atoms with van der Waals surface area (Å²) < 4.78 is 44.7. The number of rotatable bonds is 10. The molecule has 2 heterocycles. The van der Waals surface area contributed by atoms with Gasteiger partial charge in [-0.1, -0.05) is 353 Å². The number of para-hydroxylation sites is 1. The van der Waals surface area contributed by atoms with Crippen molar-refractivity contribution >= 4 is 57.2 Å². The zero-order valence-electron chi connectivity index (χ0n) is 63.3. The largest absolute Gasteiger partial charge is 0.311 e. The Morgan fingerprint density at radius 2 is 0.770 bits per heavy atom. The standard InChI is InChI=1S/C97H81BN2/c1-94(2,3)73-51-45-66(46-52-73)69-50-56-87-86(59-69)98-85-55-49-70(71-57-76(95(4,5)6)63-77(58-71)96(7,8)9)60-88(85)99(78-53-47-65(48-54-78)64-29-15-10-16-30-64)89-61-72(62-90(92(89)98)100(87)93-80(67-31-17-11-18-32-67)41-28-42-81(93)68-33-19-12-20-34-68)79-40-27-43-83-82-39-25-26-44-84(82)97(91(79)83,74-35-21-13-22-36-74)75-37-23-14-24-38-75/h10-63H,1-9H3/i10D,15D,16D,29D,30D. The fourth-order valence-corrected chi connectivity index (χ4v) is 16.3. The summed E-state index contributed by atoms with van der Waals surface area (Å²) in [5.74, 6) is 0. The van der Waals surface area contributed by atoms with Crippen molar-refractivity contribution in [1.82, 2.24) is 0 Å². The van der Waals surface area contributed by atoms with Crippen molar-refractivity contribution in [2.24, 2.45) is 0 Å². The number of nitrogens with zero attached hydrogens (tertiary/aromatic N) is 2. The normalized spacial score (nSPS) is 14.2. The van der Waals surface area contributed by atoms with Gasteiger partial charge in [-0.15, -0.1) is 0 Å². The molecular formula is C97H81BN2. The maximum absolute atomic E-state index is 9.25. The third-order valence-corrected chi connectivity index (χ3v) is 21.3. The third-order valence-electron chi connectivity index (χ3n) is 21.3. The predicted molar refractivity (Wildman–Crippen MR) is 426 cm³/mol. The highest BCUT2D eigenvalue weighted by Gasteiger charge is 2.49. The van der Waals surface area contributed by atoms with E-state index in [0.717, 1.165) is 106 Å². The molecule has 0 unspecified atom stereocenters. The molecular weight excluding hydrogens is 1200 g/mol. The van der Waals surface area contributed by atoms with Crippen molar-refractivity contribution in [3.8, 4) is 77.9 Å². The van der Waals surface area contributed by atoms with Crippen LogP contribution in [0, 0.1) is 0 Å². The van der Waals surface area contributed by atoms with Crippen molar-refractivity contribution in [3.63, 3.8) is 0 Å². The van der Waals surface area contributed by atoms with Gasteiger partial charge in [0, 0.05) is 39.6 Å². The second-order valence-corrected chi connectivity index (χ2v) is 30.4. The van der Waals surface area contributed by atoms with E-state index >= 15 is 0 Å². The lowest BCUT2D eigenvalue weighted by molar-refractivity contribution is 0.569. The van der Waals surface area contributed by atoms with Gasteiger partial charge in [-0.2, -0.15) is 0 Å². The van der Waals surface area contributed by atoms with Gasteiger partial charge in [0.25, 0.3) is 6.71 Å². The first-order valence-electron chi connectivity index (χ1n) is 37.7. The Morgan fingerprint density at radius 3 is 1.36 bits per heavy atom. The van der Waals surface area contributed by atoms with E-state index in [-0.39, 0.29) is 52.7 Å². The van der Waals surface area contributed by atoms with Crippen molar-refractivity contribution in [2.75, 3.05) is 9.80 Å². The van der Waals surface area contributed by atoms with Crippen LogP contribution in [0.5, 0.6) is 0 Å². The number of fused-ring (bicyclic) bond motifs is 7. The molecule has 14 aromatic rings. The van der Waals surface area contributed by atoms with Gasteiger partial charge in [0.05, 0.1) is 18.0 Å². The van der Waals surface area contributed by atoms with Gasteiger partial charge in [0.15, 0.2) is 0 Å². The lowest BCUT2D eigenvalue weighted by atomic mass is 9.33. The second-order valence-electron chi connectivity index (χ2n) is 30.4. The van der Waals surface area contributed by atoms with Crippen molar-refractivity contribution < 1.29 is 6.85 Å². The molecule has 1 aliphatic carbocycles. The van der Waals surface area contributed by atoms with E-state index in [2.05, 4.69) is 357 Å². The zero-order valence-corrected chi connectivity index (χ0v) is 58.3. The van der Waals surface area contributed by atoms with E-state index in [1.807, 2.05) is 12.1 Å². The molecule has 0 N–H and O–H groups in total. The molecule has 0 bridgehead atoms. The summed E-state index contributed by atoms with van der Waals surface area (Å²) >= 11 is 0. The molecule has 0 radical (unpaired) electrons. The number of benzene rings is 14. The molecule has 0 atom stereocenters. The van der Waals surface area contributed by atoms with Gasteiger partial charge in [0.2, 0.25) is 0 Å². The molecule has 3 aliphatic rings. The van der Waals surface area contributed by atoms with Crippen molar-refractivity contribution in [3.05, 3.63) is 366 Å². The summed E-state index contributed by atoms with van der Waals surface area (Å²) in [4.78, 5) is 5.08. The number of anilines is 6. The van der Waals surface area contributed by atoms with Crippen LogP contribution in [-0.4, -0.2) is 6.71 Å².